The number of rotatable bonds is 5. The van der Waals surface area contributed by atoms with E-state index in [-0.39, 0.29) is 5.78 Å². The van der Waals surface area contributed by atoms with Crippen molar-refractivity contribution in [2.75, 3.05) is 0 Å². The van der Waals surface area contributed by atoms with Gasteiger partial charge in [-0.1, -0.05) is 84.4 Å². The van der Waals surface area contributed by atoms with Crippen molar-refractivity contribution >= 4 is 28.5 Å². The Bertz CT molecular complexity index is 1020. The molecule has 28 heavy (non-hydrogen) atoms. The molecule has 3 aromatic carbocycles. The van der Waals surface area contributed by atoms with Gasteiger partial charge in [0.2, 0.25) is 0 Å². The molecule has 4 rings (SSSR count). The van der Waals surface area contributed by atoms with Gasteiger partial charge >= 0.3 is 0 Å². The molecule has 138 valence electrons. The van der Waals surface area contributed by atoms with E-state index >= 15 is 0 Å². The van der Waals surface area contributed by atoms with Crippen LogP contribution < -0.4 is 0 Å². The zero-order valence-corrected chi connectivity index (χ0v) is 16.0. The molecule has 3 heteroatoms. The van der Waals surface area contributed by atoms with E-state index in [0.29, 0.717) is 11.6 Å². The molecule has 0 amide bonds. The molecule has 0 spiro atoms. The molecule has 0 aliphatic heterocycles. The first-order valence-electron chi connectivity index (χ1n) is 9.15. The molecule has 0 bridgehead atoms. The number of hydrogen-bond acceptors (Lipinski definition) is 2. The van der Waals surface area contributed by atoms with Gasteiger partial charge in [-0.2, -0.15) is 0 Å². The average Bonchev–Trinajstić information content (AvgIpc) is 2.75. The minimum Gasteiger partial charge on any atom is -0.361 e. The zero-order valence-electron chi connectivity index (χ0n) is 15.2. The van der Waals surface area contributed by atoms with E-state index in [9.17, 15) is 4.79 Å². The van der Waals surface area contributed by atoms with Crippen LogP contribution in [0.5, 0.6) is 0 Å². The van der Waals surface area contributed by atoms with Crippen LogP contribution in [0.2, 0.25) is 5.02 Å². The monoisotopic (exact) mass is 386 g/mol. The summed E-state index contributed by atoms with van der Waals surface area (Å²) < 4.78 is 6.07. The highest BCUT2D eigenvalue weighted by atomic mass is 35.5. The summed E-state index contributed by atoms with van der Waals surface area (Å²) in [6, 6.07) is 27.3. The number of ketones is 1. The lowest BCUT2D eigenvalue weighted by atomic mass is 9.88. The summed E-state index contributed by atoms with van der Waals surface area (Å²) in [7, 11) is 0. The summed E-state index contributed by atoms with van der Waals surface area (Å²) in [6.07, 6.45) is 3.10. The Morgan fingerprint density at radius 2 is 1.36 bits per heavy atom. The molecule has 0 radical (unpaired) electrons. The Hall–Kier alpha value is -2.94. The highest BCUT2D eigenvalue weighted by molar-refractivity contribution is 6.30. The number of halogens is 1. The van der Waals surface area contributed by atoms with Crippen molar-refractivity contribution in [1.82, 2.24) is 0 Å². The molecule has 0 saturated heterocycles. The quantitative estimate of drug-likeness (QED) is 0.539. The Kier molecular flexibility index (Phi) is 5.52. The van der Waals surface area contributed by atoms with Gasteiger partial charge in [0.15, 0.2) is 5.78 Å². The molecule has 1 aliphatic carbocycles. The molecule has 0 saturated carbocycles. The number of ether oxygens (including phenoxy) is 1. The summed E-state index contributed by atoms with van der Waals surface area (Å²) in [4.78, 5) is 13.0. The maximum absolute atomic E-state index is 13.0. The summed E-state index contributed by atoms with van der Waals surface area (Å²) in [5.41, 5.74) is 4.75. The van der Waals surface area contributed by atoms with Crippen LogP contribution in [-0.2, 0) is 16.1 Å². The first kappa shape index (κ1) is 18.4. The van der Waals surface area contributed by atoms with Gasteiger partial charge in [0.05, 0.1) is 6.61 Å². The van der Waals surface area contributed by atoms with Crippen molar-refractivity contribution in [3.8, 4) is 0 Å². The largest absolute Gasteiger partial charge is 0.361 e. The minimum absolute atomic E-state index is 0.0471. The van der Waals surface area contributed by atoms with Crippen molar-refractivity contribution in [1.29, 1.82) is 0 Å². The van der Waals surface area contributed by atoms with Crippen LogP contribution in [0.3, 0.4) is 0 Å². The van der Waals surface area contributed by atoms with Gasteiger partial charge < -0.3 is 4.74 Å². The second-order valence-corrected chi connectivity index (χ2v) is 7.09. The summed E-state index contributed by atoms with van der Waals surface area (Å²) in [5.74, 6) is -0.0471. The number of carbonyl (C=O) groups excluding carboxylic acids is 1. The molecule has 2 nitrogen and oxygen atoms in total. The van der Waals surface area contributed by atoms with Crippen molar-refractivity contribution < 1.29 is 9.53 Å². The van der Waals surface area contributed by atoms with Gasteiger partial charge in [-0.3, -0.25) is 4.79 Å². The fourth-order valence-electron chi connectivity index (χ4n) is 3.26. The normalized spacial score (nSPS) is 16.5. The van der Waals surface area contributed by atoms with Gasteiger partial charge in [-0.05, 0) is 52.1 Å². The van der Waals surface area contributed by atoms with Gasteiger partial charge in [0.1, 0.15) is 6.10 Å². The highest BCUT2D eigenvalue weighted by Crippen LogP contribution is 2.32. The molecule has 0 aromatic heterocycles. The predicted octanol–water partition coefficient (Wildman–Crippen LogP) is 5.98. The van der Waals surface area contributed by atoms with Gasteiger partial charge in [-0.25, -0.2) is 0 Å². The Morgan fingerprint density at radius 1 is 0.750 bits per heavy atom. The van der Waals surface area contributed by atoms with Gasteiger partial charge in [0.25, 0.3) is 0 Å². The lowest BCUT2D eigenvalue weighted by Gasteiger charge is -2.24. The summed E-state index contributed by atoms with van der Waals surface area (Å²) in [5, 5.41) is 0.679. The summed E-state index contributed by atoms with van der Waals surface area (Å²) in [6.45, 7) is 0.340. The molecule has 1 aliphatic rings. The molecular weight excluding hydrogens is 368 g/mol. The Balaban J connectivity index is 1.65. The van der Waals surface area contributed by atoms with Crippen LogP contribution in [0.4, 0.5) is 0 Å². The molecule has 0 heterocycles. The SMILES string of the molecule is O=C1C=C(c2ccccc2)C=C(c2ccccc2)C1OCc1ccc(Cl)cc1. The third-order valence-corrected chi connectivity index (χ3v) is 4.95. The first-order valence-corrected chi connectivity index (χ1v) is 9.52. The molecule has 1 unspecified atom stereocenters. The standard InChI is InChI=1S/C25H19ClO2/c26-22-13-11-18(12-14-22)17-28-25-23(20-9-5-2-6-10-20)15-21(16-24(25)27)19-7-3-1-4-8-19/h1-16,25H,17H2. The summed E-state index contributed by atoms with van der Waals surface area (Å²) >= 11 is 5.95. The van der Waals surface area contributed by atoms with Crippen LogP contribution in [0, 0.1) is 0 Å². The van der Waals surface area contributed by atoms with Gasteiger partial charge in [-0.15, -0.1) is 0 Å². The lowest BCUT2D eigenvalue weighted by molar-refractivity contribution is -0.123. The van der Waals surface area contributed by atoms with E-state index in [2.05, 4.69) is 6.08 Å². The molecule has 3 aromatic rings. The van der Waals surface area contributed by atoms with Crippen LogP contribution in [0.15, 0.2) is 97.1 Å². The minimum atomic E-state index is -0.634. The second kappa shape index (κ2) is 8.39. The van der Waals surface area contributed by atoms with Crippen molar-refractivity contribution in [3.63, 3.8) is 0 Å². The maximum atomic E-state index is 13.0. The highest BCUT2D eigenvalue weighted by Gasteiger charge is 2.27. The predicted molar refractivity (Wildman–Crippen MR) is 114 cm³/mol. The average molecular weight is 387 g/mol. The van der Waals surface area contributed by atoms with E-state index < -0.39 is 6.10 Å². The second-order valence-electron chi connectivity index (χ2n) is 6.65. The fraction of sp³-hybridized carbons (Fsp3) is 0.0800. The van der Waals surface area contributed by atoms with E-state index in [0.717, 1.165) is 27.8 Å². The third kappa shape index (κ3) is 4.14. The molecule has 0 N–H and O–H groups in total. The fourth-order valence-corrected chi connectivity index (χ4v) is 3.39. The number of allylic oxidation sites excluding steroid dienone is 2. The molecule has 0 fully saturated rings. The zero-order chi connectivity index (χ0) is 19.3. The lowest BCUT2D eigenvalue weighted by Crippen LogP contribution is -2.27. The van der Waals surface area contributed by atoms with E-state index in [1.165, 1.54) is 0 Å². The Labute approximate surface area is 169 Å². The topological polar surface area (TPSA) is 26.3 Å². The molecule has 1 atom stereocenters. The van der Waals surface area contributed by atoms with E-state index in [1.807, 2.05) is 84.9 Å². The number of hydrogen-bond donors (Lipinski definition) is 0. The van der Waals surface area contributed by atoms with Crippen molar-refractivity contribution in [2.24, 2.45) is 0 Å². The number of carbonyl (C=O) groups is 1. The van der Waals surface area contributed by atoms with Crippen molar-refractivity contribution in [3.05, 3.63) is 119 Å². The van der Waals surface area contributed by atoms with Crippen molar-refractivity contribution in [2.45, 2.75) is 12.7 Å². The van der Waals surface area contributed by atoms with E-state index in [4.69, 9.17) is 16.3 Å². The first-order chi connectivity index (χ1) is 13.7. The van der Waals surface area contributed by atoms with Gasteiger partial charge in [0, 0.05) is 5.02 Å². The van der Waals surface area contributed by atoms with Crippen LogP contribution >= 0.6 is 11.6 Å². The Morgan fingerprint density at radius 3 is 2.00 bits per heavy atom. The van der Waals surface area contributed by atoms with Crippen LogP contribution in [-0.4, -0.2) is 11.9 Å². The number of benzene rings is 3. The van der Waals surface area contributed by atoms with E-state index in [1.54, 1.807) is 6.08 Å². The van der Waals surface area contributed by atoms with Crippen LogP contribution in [0.1, 0.15) is 16.7 Å². The van der Waals surface area contributed by atoms with Crippen LogP contribution in [0.25, 0.3) is 11.1 Å². The maximum Gasteiger partial charge on any atom is 0.189 e. The smallest absolute Gasteiger partial charge is 0.189 e. The molecular formula is C25H19ClO2. The third-order valence-electron chi connectivity index (χ3n) is 4.69.